The zero-order chi connectivity index (χ0) is 7.56. The number of rotatable bonds is 0. The Morgan fingerprint density at radius 3 is 2.40 bits per heavy atom. The zero-order valence-electron chi connectivity index (χ0n) is 4.99. The Morgan fingerprint density at radius 2 is 1.90 bits per heavy atom. The molecule has 0 aliphatic carbocycles. The summed E-state index contributed by atoms with van der Waals surface area (Å²) in [4.78, 5) is 0. The van der Waals surface area contributed by atoms with E-state index in [-0.39, 0.29) is 0 Å². The van der Waals surface area contributed by atoms with Gasteiger partial charge in [-0.2, -0.15) is 0 Å². The van der Waals surface area contributed by atoms with Crippen molar-refractivity contribution in [3.05, 3.63) is 39.1 Å². The van der Waals surface area contributed by atoms with Gasteiger partial charge in [0.1, 0.15) is 0 Å². The molecule has 0 bridgehead atoms. The topological polar surface area (TPSA) is 0 Å². The van der Waals surface area contributed by atoms with Crippen molar-refractivity contribution in [3.8, 4) is 5.92 Å². The van der Waals surface area contributed by atoms with Gasteiger partial charge in [0.25, 0.3) is 0 Å². The van der Waals surface area contributed by atoms with Gasteiger partial charge >= 0.3 is 0 Å². The van der Waals surface area contributed by atoms with E-state index in [2.05, 4.69) is 37.8 Å². The Hall–Kier alpha value is -0.260. The third-order valence-corrected chi connectivity index (χ3v) is 2.94. The van der Waals surface area contributed by atoms with E-state index < -0.39 is 0 Å². The van der Waals surface area contributed by atoms with Gasteiger partial charge in [0.05, 0.1) is 0 Å². The number of benzene rings is 1. The molecule has 1 aromatic carbocycles. The van der Waals surface area contributed by atoms with Gasteiger partial charge in [-0.05, 0) is 56.5 Å². The lowest BCUT2D eigenvalue weighted by atomic mass is 10.2. The third-order valence-electron chi connectivity index (χ3n) is 1.06. The van der Waals surface area contributed by atoms with Crippen LogP contribution in [0.1, 0.15) is 5.56 Å². The highest BCUT2D eigenvalue weighted by Crippen LogP contribution is 2.23. The summed E-state index contributed by atoms with van der Waals surface area (Å²) in [5, 5.41) is 0. The Morgan fingerprint density at radius 1 is 1.20 bits per heavy atom. The molecule has 10 heavy (non-hydrogen) atoms. The lowest BCUT2D eigenvalue weighted by Gasteiger charge is -1.94. The van der Waals surface area contributed by atoms with Crippen LogP contribution in [0.4, 0.5) is 0 Å². The van der Waals surface area contributed by atoms with Crippen molar-refractivity contribution in [2.75, 3.05) is 0 Å². The van der Waals surface area contributed by atoms with Gasteiger partial charge in [-0.25, -0.2) is 0 Å². The Labute approximate surface area is 76.9 Å². The largest absolute Gasteiger partial charge is 0.0528 e. The van der Waals surface area contributed by atoms with Gasteiger partial charge in [0, 0.05) is 14.5 Å². The Balaban J connectivity index is 3.20. The second kappa shape index (κ2) is 3.23. The fraction of sp³-hybridized carbons (Fsp3) is 0. The minimum absolute atomic E-state index is 0.773. The first kappa shape index (κ1) is 7.84. The van der Waals surface area contributed by atoms with E-state index in [1.807, 2.05) is 18.2 Å². The van der Waals surface area contributed by atoms with E-state index in [0.29, 0.717) is 0 Å². The molecule has 0 unspecified atom stereocenters. The highest BCUT2D eigenvalue weighted by atomic mass is 79.9. The van der Waals surface area contributed by atoms with Crippen molar-refractivity contribution >= 4 is 31.9 Å². The number of hydrogen-bond acceptors (Lipinski definition) is 0. The molecular weight excluding hydrogens is 256 g/mol. The van der Waals surface area contributed by atoms with Crippen molar-refractivity contribution in [3.63, 3.8) is 0 Å². The summed E-state index contributed by atoms with van der Waals surface area (Å²) < 4.78 is 1.94. The van der Waals surface area contributed by atoms with Crippen LogP contribution in [0.2, 0.25) is 0 Å². The van der Waals surface area contributed by atoms with Crippen LogP contribution in [-0.2, 0) is 0 Å². The van der Waals surface area contributed by atoms with Gasteiger partial charge in [0.2, 0.25) is 0 Å². The zero-order valence-corrected chi connectivity index (χ0v) is 8.16. The molecule has 0 saturated carbocycles. The molecule has 0 amide bonds. The van der Waals surface area contributed by atoms with Crippen LogP contribution in [0.5, 0.6) is 0 Å². The Bertz CT molecular complexity index is 284. The maximum Gasteiger partial charge on any atom is 0.0329 e. The average molecular weight is 259 g/mol. The van der Waals surface area contributed by atoms with Crippen molar-refractivity contribution < 1.29 is 0 Å². The van der Waals surface area contributed by atoms with Crippen molar-refractivity contribution in [1.29, 1.82) is 0 Å². The van der Waals surface area contributed by atoms with Gasteiger partial charge in [-0.15, -0.1) is 0 Å². The third kappa shape index (κ3) is 1.62. The molecule has 0 aliphatic heterocycles. The van der Waals surface area contributed by atoms with Crippen LogP contribution < -0.4 is 0 Å². The molecule has 0 nitrogen and oxygen atoms in total. The summed E-state index contributed by atoms with van der Waals surface area (Å²) >= 11 is 6.64. The van der Waals surface area contributed by atoms with E-state index >= 15 is 0 Å². The summed E-state index contributed by atoms with van der Waals surface area (Å²) in [6.45, 7) is 0. The van der Waals surface area contributed by atoms with Gasteiger partial charge in [0.15, 0.2) is 0 Å². The normalized spacial score (nSPS) is 8.90. The lowest BCUT2D eigenvalue weighted by molar-refractivity contribution is 1.55. The number of halogens is 2. The second-order valence-corrected chi connectivity index (χ2v) is 3.46. The molecular formula is C8H3Br2. The summed E-state index contributed by atoms with van der Waals surface area (Å²) in [5.74, 6) is 2.29. The maximum atomic E-state index is 6.82. The summed E-state index contributed by atoms with van der Waals surface area (Å²) in [5.41, 5.74) is 0.773. The molecule has 0 aliphatic rings. The maximum absolute atomic E-state index is 6.82. The van der Waals surface area contributed by atoms with Crippen LogP contribution in [0.3, 0.4) is 0 Å². The first-order valence-electron chi connectivity index (χ1n) is 2.62. The first-order chi connectivity index (χ1) is 4.74. The molecule has 1 radical (unpaired) electrons. The minimum atomic E-state index is 0.773. The van der Waals surface area contributed by atoms with Crippen LogP contribution in [0.25, 0.3) is 0 Å². The van der Waals surface area contributed by atoms with Crippen LogP contribution >= 0.6 is 31.9 Å². The fourth-order valence-corrected chi connectivity index (χ4v) is 1.20. The van der Waals surface area contributed by atoms with Crippen LogP contribution in [-0.4, -0.2) is 0 Å². The number of hydrogen-bond donors (Lipinski definition) is 0. The molecule has 0 spiro atoms. The van der Waals surface area contributed by atoms with E-state index in [1.165, 1.54) is 0 Å². The van der Waals surface area contributed by atoms with Gasteiger partial charge in [-0.1, -0.05) is 5.92 Å². The smallest absolute Gasteiger partial charge is 0.0329 e. The molecule has 0 aromatic heterocycles. The highest BCUT2D eigenvalue weighted by molar-refractivity contribution is 9.13. The van der Waals surface area contributed by atoms with E-state index in [4.69, 9.17) is 6.42 Å². The predicted octanol–water partition coefficient (Wildman–Crippen LogP) is 3.15. The molecule has 2 heteroatoms. The van der Waals surface area contributed by atoms with E-state index in [0.717, 1.165) is 14.5 Å². The quantitative estimate of drug-likeness (QED) is 0.628. The summed E-state index contributed by atoms with van der Waals surface area (Å²) in [7, 11) is 0. The first-order valence-corrected chi connectivity index (χ1v) is 4.20. The van der Waals surface area contributed by atoms with Crippen molar-refractivity contribution in [2.24, 2.45) is 0 Å². The van der Waals surface area contributed by atoms with Crippen LogP contribution in [0.15, 0.2) is 27.1 Å². The van der Waals surface area contributed by atoms with Crippen molar-refractivity contribution in [2.45, 2.75) is 0 Å². The summed E-state index contributed by atoms with van der Waals surface area (Å²) in [6.07, 6.45) is 6.82. The molecule has 0 fully saturated rings. The molecule has 0 heterocycles. The predicted molar refractivity (Wildman–Crippen MR) is 48.1 cm³/mol. The lowest BCUT2D eigenvalue weighted by Crippen LogP contribution is -1.73. The summed E-state index contributed by atoms with van der Waals surface area (Å²) in [6, 6.07) is 5.53. The SMILES string of the molecule is [C]#Cc1ccc(Br)c(Br)c1. The monoisotopic (exact) mass is 257 g/mol. The molecule has 49 valence electrons. The Kier molecular flexibility index (Phi) is 2.53. The average Bonchev–Trinajstić information content (AvgIpc) is 1.95. The molecule has 1 aromatic rings. The van der Waals surface area contributed by atoms with Crippen LogP contribution in [0, 0.1) is 12.3 Å². The molecule has 0 saturated heterocycles. The highest BCUT2D eigenvalue weighted by Gasteiger charge is 1.94. The second-order valence-electron chi connectivity index (χ2n) is 1.75. The van der Waals surface area contributed by atoms with E-state index in [9.17, 15) is 0 Å². The van der Waals surface area contributed by atoms with E-state index in [1.54, 1.807) is 0 Å². The van der Waals surface area contributed by atoms with Gasteiger partial charge in [-0.3, -0.25) is 0 Å². The fourth-order valence-electron chi connectivity index (χ4n) is 0.574. The van der Waals surface area contributed by atoms with Gasteiger partial charge < -0.3 is 0 Å². The molecule has 0 atom stereocenters. The van der Waals surface area contributed by atoms with Crippen molar-refractivity contribution in [1.82, 2.24) is 0 Å². The minimum Gasteiger partial charge on any atom is -0.0528 e. The molecule has 1 rings (SSSR count). The standard InChI is InChI=1S/C8H3Br2/c1-2-6-3-4-7(9)8(10)5-6/h3-5H. The molecule has 0 N–H and O–H groups in total.